The van der Waals surface area contributed by atoms with Crippen LogP contribution >= 0.6 is 0 Å². The highest BCUT2D eigenvalue weighted by molar-refractivity contribution is 5.08. The van der Waals surface area contributed by atoms with E-state index in [4.69, 9.17) is 6.42 Å². The van der Waals surface area contributed by atoms with Gasteiger partial charge in [0.05, 0.1) is 0 Å². The van der Waals surface area contributed by atoms with E-state index in [9.17, 15) is 0 Å². The largest absolute Gasteiger partial charge is 0.314 e. The van der Waals surface area contributed by atoms with Crippen molar-refractivity contribution < 1.29 is 0 Å². The van der Waals surface area contributed by atoms with Crippen LogP contribution in [0.2, 0.25) is 0 Å². The van der Waals surface area contributed by atoms with Crippen LogP contribution in [0.25, 0.3) is 0 Å². The van der Waals surface area contributed by atoms with Crippen LogP contribution in [-0.2, 0) is 6.42 Å². The first-order chi connectivity index (χ1) is 8.36. The lowest BCUT2D eigenvalue weighted by Gasteiger charge is -2.17. The van der Waals surface area contributed by atoms with Crippen molar-refractivity contribution in [2.75, 3.05) is 6.54 Å². The third-order valence-electron chi connectivity index (χ3n) is 2.82. The van der Waals surface area contributed by atoms with Crippen LogP contribution in [0.3, 0.4) is 0 Å². The van der Waals surface area contributed by atoms with Crippen LogP contribution in [0.4, 0.5) is 0 Å². The molecule has 92 valence electrons. The zero-order valence-electron chi connectivity index (χ0n) is 10.7. The summed E-state index contributed by atoms with van der Waals surface area (Å²) in [4.78, 5) is 4.13. The van der Waals surface area contributed by atoms with Crippen molar-refractivity contribution in [3.8, 4) is 12.3 Å². The lowest BCUT2D eigenvalue weighted by Crippen LogP contribution is -2.30. The molecule has 0 aliphatic rings. The smallest absolute Gasteiger partial charge is 0.0299 e. The van der Waals surface area contributed by atoms with Crippen molar-refractivity contribution in [2.24, 2.45) is 0 Å². The summed E-state index contributed by atoms with van der Waals surface area (Å²) < 4.78 is 0. The first kappa shape index (κ1) is 13.7. The lowest BCUT2D eigenvalue weighted by molar-refractivity contribution is 0.458. The molecule has 2 nitrogen and oxygen atoms in total. The predicted octanol–water partition coefficient (Wildman–Crippen LogP) is 2.80. The van der Waals surface area contributed by atoms with Gasteiger partial charge in [-0.05, 0) is 43.9 Å². The average molecular weight is 230 g/mol. The molecule has 1 N–H and O–H groups in total. The molecule has 0 spiro atoms. The fourth-order valence-corrected chi connectivity index (χ4v) is 1.84. The van der Waals surface area contributed by atoms with Gasteiger partial charge < -0.3 is 5.32 Å². The molecule has 1 rings (SSSR count). The van der Waals surface area contributed by atoms with Crippen molar-refractivity contribution >= 4 is 0 Å². The first-order valence-electron chi connectivity index (χ1n) is 6.42. The second-order valence-electron chi connectivity index (χ2n) is 4.29. The molecule has 0 amide bonds. The van der Waals surface area contributed by atoms with Gasteiger partial charge in [0.15, 0.2) is 0 Å². The first-order valence-corrected chi connectivity index (χ1v) is 6.42. The van der Waals surface area contributed by atoms with Crippen LogP contribution in [0.1, 0.15) is 38.2 Å². The highest BCUT2D eigenvalue weighted by Crippen LogP contribution is 2.08. The van der Waals surface area contributed by atoms with E-state index in [0.29, 0.717) is 6.04 Å². The maximum absolute atomic E-state index is 5.32. The van der Waals surface area contributed by atoms with Gasteiger partial charge in [-0.15, -0.1) is 12.3 Å². The molecular weight excluding hydrogens is 208 g/mol. The Labute approximate surface area is 105 Å². The fraction of sp³-hybridized carbons (Fsp3) is 0.533. The zero-order chi connectivity index (χ0) is 12.3. The maximum Gasteiger partial charge on any atom is 0.0299 e. The SMILES string of the molecule is C#CCCC(CCc1cccnc1)NCCC. The van der Waals surface area contributed by atoms with Gasteiger partial charge in [0.1, 0.15) is 0 Å². The third-order valence-corrected chi connectivity index (χ3v) is 2.82. The molecule has 0 fully saturated rings. The Morgan fingerprint density at radius 3 is 3.00 bits per heavy atom. The maximum atomic E-state index is 5.32. The molecule has 0 saturated carbocycles. The predicted molar refractivity (Wildman–Crippen MR) is 72.7 cm³/mol. The molecule has 0 aliphatic heterocycles. The molecule has 17 heavy (non-hydrogen) atoms. The summed E-state index contributed by atoms with van der Waals surface area (Å²) in [5.41, 5.74) is 1.30. The topological polar surface area (TPSA) is 24.9 Å². The monoisotopic (exact) mass is 230 g/mol. The van der Waals surface area contributed by atoms with Gasteiger partial charge >= 0.3 is 0 Å². The molecule has 0 aliphatic carbocycles. The number of aromatic nitrogens is 1. The molecular formula is C15H22N2. The molecule has 1 unspecified atom stereocenters. The van der Waals surface area contributed by atoms with E-state index in [1.54, 1.807) is 0 Å². The number of nitrogens with one attached hydrogen (secondary N) is 1. The number of hydrogen-bond donors (Lipinski definition) is 1. The van der Waals surface area contributed by atoms with Crippen molar-refractivity contribution in [2.45, 2.75) is 45.1 Å². The minimum Gasteiger partial charge on any atom is -0.314 e. The molecule has 0 saturated heterocycles. The molecule has 0 radical (unpaired) electrons. The van der Waals surface area contributed by atoms with Crippen molar-refractivity contribution in [1.82, 2.24) is 10.3 Å². The van der Waals surface area contributed by atoms with E-state index in [0.717, 1.165) is 32.2 Å². The van der Waals surface area contributed by atoms with E-state index in [1.807, 2.05) is 18.5 Å². The molecule has 1 heterocycles. The van der Waals surface area contributed by atoms with Gasteiger partial charge in [0, 0.05) is 24.9 Å². The lowest BCUT2D eigenvalue weighted by atomic mass is 10.0. The Balaban J connectivity index is 2.35. The van der Waals surface area contributed by atoms with Crippen LogP contribution in [0.15, 0.2) is 24.5 Å². The van der Waals surface area contributed by atoms with Crippen LogP contribution in [0.5, 0.6) is 0 Å². The minimum absolute atomic E-state index is 0.534. The summed E-state index contributed by atoms with van der Waals surface area (Å²) in [7, 11) is 0. The number of aryl methyl sites for hydroxylation is 1. The Hall–Kier alpha value is -1.33. The number of nitrogens with zero attached hydrogens (tertiary/aromatic N) is 1. The second kappa shape index (κ2) is 8.78. The van der Waals surface area contributed by atoms with Crippen molar-refractivity contribution in [3.05, 3.63) is 30.1 Å². The molecule has 2 heteroatoms. The molecule has 1 aromatic rings. The quantitative estimate of drug-likeness (QED) is 0.695. The van der Waals surface area contributed by atoms with E-state index < -0.39 is 0 Å². The number of terminal acetylenes is 1. The Morgan fingerprint density at radius 1 is 1.47 bits per heavy atom. The van der Waals surface area contributed by atoms with Crippen LogP contribution in [-0.4, -0.2) is 17.6 Å². The van der Waals surface area contributed by atoms with E-state index in [-0.39, 0.29) is 0 Å². The summed E-state index contributed by atoms with van der Waals surface area (Å²) in [6.45, 7) is 3.26. The minimum atomic E-state index is 0.534. The van der Waals surface area contributed by atoms with Gasteiger partial charge in [0.25, 0.3) is 0 Å². The zero-order valence-corrected chi connectivity index (χ0v) is 10.7. The number of pyridine rings is 1. The normalized spacial score (nSPS) is 12.0. The average Bonchev–Trinajstić information content (AvgIpc) is 2.39. The van der Waals surface area contributed by atoms with Crippen LogP contribution in [0, 0.1) is 12.3 Å². The van der Waals surface area contributed by atoms with Gasteiger partial charge in [-0.3, -0.25) is 4.98 Å². The highest BCUT2D eigenvalue weighted by atomic mass is 14.9. The number of rotatable bonds is 8. The van der Waals surface area contributed by atoms with E-state index >= 15 is 0 Å². The molecule has 1 aromatic heterocycles. The van der Waals surface area contributed by atoms with Gasteiger partial charge in [-0.25, -0.2) is 0 Å². The van der Waals surface area contributed by atoms with Gasteiger partial charge in [0.2, 0.25) is 0 Å². The summed E-state index contributed by atoms with van der Waals surface area (Å²) in [5, 5.41) is 3.56. The summed E-state index contributed by atoms with van der Waals surface area (Å²) >= 11 is 0. The third kappa shape index (κ3) is 6.09. The highest BCUT2D eigenvalue weighted by Gasteiger charge is 2.07. The Morgan fingerprint density at radius 2 is 2.35 bits per heavy atom. The van der Waals surface area contributed by atoms with Gasteiger partial charge in [-0.1, -0.05) is 13.0 Å². The Kier molecular flexibility index (Phi) is 7.09. The Bertz CT molecular complexity index is 327. The molecule has 0 bridgehead atoms. The fourth-order valence-electron chi connectivity index (χ4n) is 1.84. The van der Waals surface area contributed by atoms with Gasteiger partial charge in [-0.2, -0.15) is 0 Å². The summed E-state index contributed by atoms with van der Waals surface area (Å²) in [6.07, 6.45) is 14.4. The van der Waals surface area contributed by atoms with Crippen molar-refractivity contribution in [1.29, 1.82) is 0 Å². The molecule has 1 atom stereocenters. The molecule has 0 aromatic carbocycles. The second-order valence-corrected chi connectivity index (χ2v) is 4.29. The van der Waals surface area contributed by atoms with E-state index in [2.05, 4.69) is 29.2 Å². The standard InChI is InChI=1S/C15H22N2/c1-3-5-8-15(17-11-4-2)10-9-14-7-6-12-16-13-14/h1,6-7,12-13,15,17H,4-5,8-11H2,2H3. The van der Waals surface area contributed by atoms with E-state index in [1.165, 1.54) is 12.0 Å². The summed E-state index contributed by atoms with van der Waals surface area (Å²) in [6, 6.07) is 4.65. The summed E-state index contributed by atoms with van der Waals surface area (Å²) in [5.74, 6) is 2.72. The van der Waals surface area contributed by atoms with Crippen molar-refractivity contribution in [3.63, 3.8) is 0 Å². The van der Waals surface area contributed by atoms with Crippen LogP contribution < -0.4 is 5.32 Å². The number of hydrogen-bond acceptors (Lipinski definition) is 2.